The number of nitrogens with two attached hydrogens (primary N) is 1. The number of ether oxygens (including phenoxy) is 1. The van der Waals surface area contributed by atoms with Gasteiger partial charge >= 0.3 is 0 Å². The van der Waals surface area contributed by atoms with Crippen molar-refractivity contribution in [3.8, 4) is 5.75 Å². The van der Waals surface area contributed by atoms with Gasteiger partial charge in [-0.1, -0.05) is 31.2 Å². The van der Waals surface area contributed by atoms with Crippen molar-refractivity contribution >= 4 is 11.0 Å². The Morgan fingerprint density at radius 2 is 2.00 bits per heavy atom. The second kappa shape index (κ2) is 7.29. The Bertz CT molecular complexity index is 779. The summed E-state index contributed by atoms with van der Waals surface area (Å²) in [5, 5.41) is 0. The lowest BCUT2D eigenvalue weighted by atomic mass is 10.2. The first-order valence-electron chi connectivity index (χ1n) is 8.17. The Labute approximate surface area is 136 Å². The van der Waals surface area contributed by atoms with E-state index in [-0.39, 0.29) is 0 Å². The molecule has 0 amide bonds. The lowest BCUT2D eigenvalue weighted by Gasteiger charge is -2.10. The first kappa shape index (κ1) is 15.6. The van der Waals surface area contributed by atoms with Crippen molar-refractivity contribution in [3.63, 3.8) is 0 Å². The second-order valence-electron chi connectivity index (χ2n) is 5.60. The van der Waals surface area contributed by atoms with E-state index in [1.165, 1.54) is 5.56 Å². The number of aromatic nitrogens is 2. The molecular weight excluding hydrogens is 286 g/mol. The van der Waals surface area contributed by atoms with Crippen molar-refractivity contribution < 1.29 is 4.74 Å². The number of imidazole rings is 1. The smallest absolute Gasteiger partial charge is 0.147 e. The molecule has 0 bridgehead atoms. The zero-order chi connectivity index (χ0) is 16.1. The van der Waals surface area contributed by atoms with Gasteiger partial charge in [0.1, 0.15) is 18.2 Å². The summed E-state index contributed by atoms with van der Waals surface area (Å²) in [5.74, 6) is 1.84. The normalized spacial score (nSPS) is 11.0. The maximum Gasteiger partial charge on any atom is 0.147 e. The number of fused-ring (bicyclic) bond motifs is 1. The number of benzene rings is 2. The predicted molar refractivity (Wildman–Crippen MR) is 93.6 cm³/mol. The molecule has 0 aliphatic carbocycles. The average Bonchev–Trinajstić information content (AvgIpc) is 2.96. The molecule has 0 radical (unpaired) electrons. The summed E-state index contributed by atoms with van der Waals surface area (Å²) in [6.45, 7) is 4.15. The Morgan fingerprint density at radius 3 is 2.83 bits per heavy atom. The third-order valence-corrected chi connectivity index (χ3v) is 3.99. The van der Waals surface area contributed by atoms with Crippen molar-refractivity contribution in [1.29, 1.82) is 0 Å². The monoisotopic (exact) mass is 309 g/mol. The zero-order valence-corrected chi connectivity index (χ0v) is 13.5. The molecule has 0 saturated carbocycles. The van der Waals surface area contributed by atoms with Crippen LogP contribution in [0.2, 0.25) is 0 Å². The minimum absolute atomic E-state index is 0.465. The van der Waals surface area contributed by atoms with E-state index >= 15 is 0 Å². The van der Waals surface area contributed by atoms with E-state index in [0.29, 0.717) is 13.2 Å². The van der Waals surface area contributed by atoms with Gasteiger partial charge in [-0.05, 0) is 49.2 Å². The third-order valence-electron chi connectivity index (χ3n) is 3.99. The van der Waals surface area contributed by atoms with E-state index < -0.39 is 0 Å². The highest BCUT2D eigenvalue weighted by Gasteiger charge is 2.10. The van der Waals surface area contributed by atoms with Crippen LogP contribution in [0.5, 0.6) is 5.75 Å². The van der Waals surface area contributed by atoms with Crippen LogP contribution < -0.4 is 10.5 Å². The van der Waals surface area contributed by atoms with E-state index in [1.54, 1.807) is 0 Å². The van der Waals surface area contributed by atoms with Crippen molar-refractivity contribution in [3.05, 3.63) is 59.9 Å². The lowest BCUT2D eigenvalue weighted by molar-refractivity contribution is 0.289. The van der Waals surface area contributed by atoms with Crippen molar-refractivity contribution in [2.75, 3.05) is 6.54 Å². The fourth-order valence-electron chi connectivity index (χ4n) is 2.74. The van der Waals surface area contributed by atoms with Crippen molar-refractivity contribution in [1.82, 2.24) is 9.55 Å². The number of rotatable bonds is 7. The first-order valence-corrected chi connectivity index (χ1v) is 8.17. The van der Waals surface area contributed by atoms with Crippen LogP contribution in [0.1, 0.15) is 24.7 Å². The number of hydrogen-bond acceptors (Lipinski definition) is 3. The SMILES string of the molecule is CCc1cccc(OCc2nc3ccccc3n2CCCN)c1. The molecule has 0 fully saturated rings. The van der Waals surface area contributed by atoms with Crippen LogP contribution in [0.25, 0.3) is 11.0 Å². The number of hydrogen-bond donors (Lipinski definition) is 1. The molecule has 23 heavy (non-hydrogen) atoms. The Morgan fingerprint density at radius 1 is 1.13 bits per heavy atom. The van der Waals surface area contributed by atoms with Crippen LogP contribution in [0.15, 0.2) is 48.5 Å². The quantitative estimate of drug-likeness (QED) is 0.726. The van der Waals surface area contributed by atoms with Crippen LogP contribution in [-0.2, 0) is 19.6 Å². The second-order valence-corrected chi connectivity index (χ2v) is 5.60. The highest BCUT2D eigenvalue weighted by molar-refractivity contribution is 5.75. The van der Waals surface area contributed by atoms with Gasteiger partial charge in [-0.25, -0.2) is 4.98 Å². The van der Waals surface area contributed by atoms with Gasteiger partial charge in [-0.15, -0.1) is 0 Å². The summed E-state index contributed by atoms with van der Waals surface area (Å²) < 4.78 is 8.18. The molecular formula is C19H23N3O. The number of para-hydroxylation sites is 2. The molecule has 120 valence electrons. The van der Waals surface area contributed by atoms with E-state index in [0.717, 1.165) is 42.0 Å². The summed E-state index contributed by atoms with van der Waals surface area (Å²) in [4.78, 5) is 4.72. The van der Waals surface area contributed by atoms with Crippen LogP contribution in [0.4, 0.5) is 0 Å². The molecule has 0 aliphatic heterocycles. The molecule has 2 aromatic carbocycles. The van der Waals surface area contributed by atoms with Crippen LogP contribution in [-0.4, -0.2) is 16.1 Å². The van der Waals surface area contributed by atoms with Gasteiger partial charge < -0.3 is 15.0 Å². The summed E-state index contributed by atoms with van der Waals surface area (Å²) >= 11 is 0. The molecule has 3 aromatic rings. The van der Waals surface area contributed by atoms with Crippen molar-refractivity contribution in [2.24, 2.45) is 5.73 Å². The van der Waals surface area contributed by atoms with E-state index in [9.17, 15) is 0 Å². The summed E-state index contributed by atoms with van der Waals surface area (Å²) in [6.07, 6.45) is 1.94. The third kappa shape index (κ3) is 3.54. The molecule has 0 spiro atoms. The molecule has 4 heteroatoms. The van der Waals surface area contributed by atoms with Gasteiger partial charge in [-0.3, -0.25) is 0 Å². The molecule has 3 rings (SSSR count). The lowest BCUT2D eigenvalue weighted by Crippen LogP contribution is -2.10. The molecule has 0 atom stereocenters. The Balaban J connectivity index is 1.83. The van der Waals surface area contributed by atoms with Gasteiger partial charge in [0.2, 0.25) is 0 Å². The van der Waals surface area contributed by atoms with Gasteiger partial charge in [0.05, 0.1) is 11.0 Å². The van der Waals surface area contributed by atoms with Gasteiger partial charge in [0, 0.05) is 6.54 Å². The van der Waals surface area contributed by atoms with Crippen LogP contribution in [0, 0.1) is 0 Å². The molecule has 4 nitrogen and oxygen atoms in total. The van der Waals surface area contributed by atoms with Crippen LogP contribution in [0.3, 0.4) is 0 Å². The predicted octanol–water partition coefficient (Wildman–Crippen LogP) is 3.53. The topological polar surface area (TPSA) is 53.1 Å². The molecule has 0 unspecified atom stereocenters. The van der Waals surface area contributed by atoms with E-state index in [1.807, 2.05) is 30.3 Å². The molecule has 0 saturated heterocycles. The van der Waals surface area contributed by atoms with E-state index in [2.05, 4.69) is 29.7 Å². The summed E-state index contributed by atoms with van der Waals surface area (Å²) in [5.41, 5.74) is 9.09. The fourth-order valence-corrected chi connectivity index (χ4v) is 2.74. The van der Waals surface area contributed by atoms with Gasteiger partial charge in [0.25, 0.3) is 0 Å². The molecule has 1 aromatic heterocycles. The maximum absolute atomic E-state index is 5.97. The van der Waals surface area contributed by atoms with Crippen LogP contribution >= 0.6 is 0 Å². The number of aryl methyl sites for hydroxylation is 2. The minimum Gasteiger partial charge on any atom is -0.486 e. The largest absolute Gasteiger partial charge is 0.486 e. The Hall–Kier alpha value is -2.33. The number of nitrogens with zero attached hydrogens (tertiary/aromatic N) is 2. The minimum atomic E-state index is 0.465. The average molecular weight is 309 g/mol. The van der Waals surface area contributed by atoms with Gasteiger partial charge in [-0.2, -0.15) is 0 Å². The Kier molecular flexibility index (Phi) is 4.93. The molecule has 2 N–H and O–H groups in total. The van der Waals surface area contributed by atoms with Crippen molar-refractivity contribution in [2.45, 2.75) is 32.9 Å². The maximum atomic E-state index is 5.97. The summed E-state index contributed by atoms with van der Waals surface area (Å²) in [7, 11) is 0. The fraction of sp³-hybridized carbons (Fsp3) is 0.316. The highest BCUT2D eigenvalue weighted by atomic mass is 16.5. The standard InChI is InChI=1S/C19H23N3O/c1-2-15-7-5-8-16(13-15)23-14-19-21-17-9-3-4-10-18(17)22(19)12-6-11-20/h3-5,7-10,13H,2,6,11-12,14,20H2,1H3. The highest BCUT2D eigenvalue weighted by Crippen LogP contribution is 2.19. The summed E-state index contributed by atoms with van der Waals surface area (Å²) in [6, 6.07) is 16.4. The molecule has 0 aliphatic rings. The van der Waals surface area contributed by atoms with Gasteiger partial charge in [0.15, 0.2) is 0 Å². The first-order chi connectivity index (χ1) is 11.3. The molecule has 1 heterocycles. The van der Waals surface area contributed by atoms with E-state index in [4.69, 9.17) is 15.5 Å². The zero-order valence-electron chi connectivity index (χ0n) is 13.5.